The maximum absolute atomic E-state index is 11.0. The minimum absolute atomic E-state index is 0.00852. The lowest BCUT2D eigenvalue weighted by Gasteiger charge is -2.00. The number of nitrogen functional groups attached to an aromatic ring is 1. The Hall–Kier alpha value is -1.17. The number of aryl methyl sites for hydroxylation is 1. The van der Waals surface area contributed by atoms with E-state index in [2.05, 4.69) is 25.9 Å². The summed E-state index contributed by atoms with van der Waals surface area (Å²) >= 11 is 2.89. The molecule has 4 N–H and O–H groups in total. The van der Waals surface area contributed by atoms with Crippen LogP contribution < -0.4 is 11.3 Å². The predicted molar refractivity (Wildman–Crippen MR) is 49.8 cm³/mol. The number of rotatable bonds is 1. The molecule has 0 spiro atoms. The Morgan fingerprint density at radius 2 is 2.33 bits per heavy atom. The van der Waals surface area contributed by atoms with E-state index in [4.69, 9.17) is 11.1 Å². The van der Waals surface area contributed by atoms with Crippen molar-refractivity contribution < 1.29 is 0 Å². The van der Waals surface area contributed by atoms with Gasteiger partial charge in [0, 0.05) is 0 Å². The van der Waals surface area contributed by atoms with Crippen LogP contribution in [-0.2, 0) is 0 Å². The lowest BCUT2D eigenvalue weighted by atomic mass is 10.3. The summed E-state index contributed by atoms with van der Waals surface area (Å²) in [5.74, 6) is 0.438. The zero-order valence-electron chi connectivity index (χ0n) is 6.31. The molecule has 0 saturated heterocycles. The second-order valence-electron chi connectivity index (χ2n) is 2.23. The number of aromatic amines is 1. The molecule has 6 heteroatoms. The topological polar surface area (TPSA) is 95.6 Å². The van der Waals surface area contributed by atoms with Crippen LogP contribution in [0.15, 0.2) is 4.79 Å². The van der Waals surface area contributed by atoms with E-state index in [0.29, 0.717) is 5.82 Å². The summed E-state index contributed by atoms with van der Waals surface area (Å²) < 4.78 is 0.00852. The molecular weight excluding hydrogens is 224 g/mol. The fourth-order valence-corrected chi connectivity index (χ4v) is 1.06. The smallest absolute Gasteiger partial charge is 0.274 e. The molecule has 0 saturated carbocycles. The van der Waals surface area contributed by atoms with Crippen molar-refractivity contribution in [3.63, 3.8) is 0 Å². The first-order valence-corrected chi connectivity index (χ1v) is 3.92. The van der Waals surface area contributed by atoms with Crippen molar-refractivity contribution in [3.05, 3.63) is 21.9 Å². The van der Waals surface area contributed by atoms with E-state index in [1.165, 1.54) is 0 Å². The number of hydrogen-bond acceptors (Lipinski definition) is 4. The van der Waals surface area contributed by atoms with Gasteiger partial charge in [-0.3, -0.25) is 10.2 Å². The molecule has 1 heterocycles. The lowest BCUT2D eigenvalue weighted by Crippen LogP contribution is -2.18. The van der Waals surface area contributed by atoms with Gasteiger partial charge < -0.3 is 10.7 Å². The summed E-state index contributed by atoms with van der Waals surface area (Å²) in [6.45, 7) is 1.63. The van der Waals surface area contributed by atoms with Crippen LogP contribution in [0, 0.1) is 12.3 Å². The molecule has 12 heavy (non-hydrogen) atoms. The van der Waals surface area contributed by atoms with Crippen molar-refractivity contribution in [1.82, 2.24) is 9.97 Å². The van der Waals surface area contributed by atoms with Crippen LogP contribution in [0.3, 0.4) is 0 Å². The largest absolute Gasteiger partial charge is 0.392 e. The van der Waals surface area contributed by atoms with Gasteiger partial charge in [0.2, 0.25) is 0 Å². The van der Waals surface area contributed by atoms with E-state index in [1.807, 2.05) is 0 Å². The van der Waals surface area contributed by atoms with Crippen molar-refractivity contribution in [3.8, 4) is 0 Å². The molecule has 0 amide bonds. The van der Waals surface area contributed by atoms with Gasteiger partial charge in [0.1, 0.15) is 21.8 Å². The Morgan fingerprint density at radius 1 is 1.75 bits per heavy atom. The van der Waals surface area contributed by atoms with Crippen molar-refractivity contribution in [2.45, 2.75) is 6.92 Å². The maximum atomic E-state index is 11.0. The average Bonchev–Trinajstić information content (AvgIpc) is 1.96. The molecule has 0 fully saturated rings. The number of nitrogens with two attached hydrogens (primary N) is 1. The molecule has 1 rings (SSSR count). The van der Waals surface area contributed by atoms with Crippen LogP contribution in [0.2, 0.25) is 0 Å². The number of aromatic nitrogens is 2. The van der Waals surface area contributed by atoms with Crippen LogP contribution in [0.25, 0.3) is 0 Å². The Labute approximate surface area is 76.7 Å². The molecule has 0 aliphatic heterocycles. The Kier molecular flexibility index (Phi) is 2.27. The van der Waals surface area contributed by atoms with Gasteiger partial charge in [-0.2, -0.15) is 0 Å². The van der Waals surface area contributed by atoms with E-state index in [1.54, 1.807) is 6.92 Å². The van der Waals surface area contributed by atoms with Gasteiger partial charge in [-0.05, 0) is 22.9 Å². The van der Waals surface area contributed by atoms with E-state index in [0.717, 1.165) is 0 Å². The minimum Gasteiger partial charge on any atom is -0.392 e. The normalized spacial score (nSPS) is 9.83. The number of nitrogens with zero attached hydrogens (tertiary/aromatic N) is 1. The van der Waals surface area contributed by atoms with E-state index in [9.17, 15) is 4.79 Å². The average molecular weight is 231 g/mol. The molecule has 5 nitrogen and oxygen atoms in total. The third kappa shape index (κ3) is 1.53. The van der Waals surface area contributed by atoms with Gasteiger partial charge in [0.15, 0.2) is 0 Å². The Morgan fingerprint density at radius 3 is 2.83 bits per heavy atom. The number of halogens is 1. The first kappa shape index (κ1) is 8.92. The highest BCUT2D eigenvalue weighted by Crippen LogP contribution is 2.06. The molecule has 0 unspecified atom stereocenters. The molecule has 64 valence electrons. The van der Waals surface area contributed by atoms with E-state index >= 15 is 0 Å². The molecule has 1 aromatic rings. The van der Waals surface area contributed by atoms with E-state index < -0.39 is 5.56 Å². The highest BCUT2D eigenvalue weighted by molar-refractivity contribution is 9.18. The number of hydrogen-bond donors (Lipinski definition) is 3. The zero-order valence-corrected chi connectivity index (χ0v) is 7.90. The molecule has 1 aromatic heterocycles. The monoisotopic (exact) mass is 230 g/mol. The van der Waals surface area contributed by atoms with Gasteiger partial charge in [-0.15, -0.1) is 0 Å². The van der Waals surface area contributed by atoms with Crippen LogP contribution in [-0.4, -0.2) is 14.6 Å². The fraction of sp³-hybridized carbons (Fsp3) is 0.167. The highest BCUT2D eigenvalue weighted by Gasteiger charge is 2.08. The second-order valence-corrected chi connectivity index (χ2v) is 3.02. The predicted octanol–water partition coefficient (Wildman–Crippen LogP) is 0.381. The summed E-state index contributed by atoms with van der Waals surface area (Å²) in [7, 11) is 0. The SMILES string of the molecule is Cc1nc(C(=N)Br)c(N)c(=O)[nH]1. The maximum Gasteiger partial charge on any atom is 0.274 e. The number of nitrogens with one attached hydrogen (secondary N) is 2. The quantitative estimate of drug-likeness (QED) is 0.609. The van der Waals surface area contributed by atoms with Crippen LogP contribution in [0.4, 0.5) is 5.69 Å². The summed E-state index contributed by atoms with van der Waals surface area (Å²) in [6, 6.07) is 0. The van der Waals surface area contributed by atoms with Crippen LogP contribution >= 0.6 is 15.9 Å². The standard InChI is InChI=1S/C6H7BrN4O/c1-2-10-4(5(7)9)3(8)6(12)11-2/h9H,8H2,1H3,(H,10,11,12). The van der Waals surface area contributed by atoms with Gasteiger partial charge >= 0.3 is 0 Å². The van der Waals surface area contributed by atoms with E-state index in [-0.39, 0.29) is 16.0 Å². The van der Waals surface area contributed by atoms with Crippen molar-refractivity contribution >= 4 is 26.2 Å². The van der Waals surface area contributed by atoms with Gasteiger partial charge in [0.25, 0.3) is 5.56 Å². The Bertz CT molecular complexity index is 384. The molecular formula is C6H7BrN4O. The van der Waals surface area contributed by atoms with Crippen molar-refractivity contribution in [2.75, 3.05) is 5.73 Å². The minimum atomic E-state index is -0.415. The third-order valence-electron chi connectivity index (χ3n) is 1.28. The lowest BCUT2D eigenvalue weighted by molar-refractivity contribution is 1.02. The molecule has 0 atom stereocenters. The van der Waals surface area contributed by atoms with Crippen LogP contribution in [0.5, 0.6) is 0 Å². The van der Waals surface area contributed by atoms with Gasteiger partial charge in [-0.25, -0.2) is 4.98 Å². The van der Waals surface area contributed by atoms with Gasteiger partial charge in [-0.1, -0.05) is 0 Å². The molecule has 0 aromatic carbocycles. The van der Waals surface area contributed by atoms with Gasteiger partial charge in [0.05, 0.1) is 0 Å². The number of H-pyrrole nitrogens is 1. The summed E-state index contributed by atoms with van der Waals surface area (Å²) in [6.07, 6.45) is 0. The fourth-order valence-electron chi connectivity index (χ4n) is 0.762. The molecule has 0 radical (unpaired) electrons. The summed E-state index contributed by atoms with van der Waals surface area (Å²) in [5, 5.41) is 7.19. The first-order valence-electron chi connectivity index (χ1n) is 3.13. The molecule has 0 bridgehead atoms. The summed E-state index contributed by atoms with van der Waals surface area (Å²) in [4.78, 5) is 17.3. The number of anilines is 1. The third-order valence-corrected chi connectivity index (χ3v) is 1.66. The molecule has 0 aliphatic rings. The van der Waals surface area contributed by atoms with Crippen molar-refractivity contribution in [1.29, 1.82) is 5.41 Å². The highest BCUT2D eigenvalue weighted by atomic mass is 79.9. The van der Waals surface area contributed by atoms with Crippen LogP contribution in [0.1, 0.15) is 11.5 Å². The first-order chi connectivity index (χ1) is 5.52. The zero-order chi connectivity index (χ0) is 9.30. The summed E-state index contributed by atoms with van der Waals surface area (Å²) in [5.41, 5.74) is 5.10. The van der Waals surface area contributed by atoms with Crippen molar-refractivity contribution in [2.24, 2.45) is 0 Å². The Balaban J connectivity index is 3.48. The molecule has 0 aliphatic carbocycles. The second kappa shape index (κ2) is 3.06.